The first-order valence-electron chi connectivity index (χ1n) is 5.39. The molecule has 0 saturated heterocycles. The average molecular weight is 213 g/mol. The molecule has 82 valence electrons. The molecule has 2 rings (SSSR count). The number of carbonyl (C=O) groups excluding carboxylic acids is 1. The Morgan fingerprint density at radius 1 is 1.12 bits per heavy atom. The molecule has 0 fully saturated rings. The van der Waals surface area contributed by atoms with Gasteiger partial charge >= 0.3 is 0 Å². The number of benzene rings is 2. The van der Waals surface area contributed by atoms with Crippen molar-refractivity contribution in [1.29, 1.82) is 0 Å². The lowest BCUT2D eigenvalue weighted by Crippen LogP contribution is -2.29. The SMILES string of the molecule is C[C@@H](C=O)N(C)c1ccc2ccccc2c1. The van der Waals surface area contributed by atoms with Crippen molar-refractivity contribution < 1.29 is 4.79 Å². The van der Waals surface area contributed by atoms with E-state index >= 15 is 0 Å². The molecule has 0 aliphatic heterocycles. The monoisotopic (exact) mass is 213 g/mol. The van der Waals surface area contributed by atoms with Gasteiger partial charge in [-0.3, -0.25) is 0 Å². The Hall–Kier alpha value is -1.83. The van der Waals surface area contributed by atoms with Crippen LogP contribution in [-0.2, 0) is 4.79 Å². The normalized spacial score (nSPS) is 12.4. The van der Waals surface area contributed by atoms with Gasteiger partial charge in [-0.2, -0.15) is 0 Å². The van der Waals surface area contributed by atoms with Crippen LogP contribution in [0.2, 0.25) is 0 Å². The highest BCUT2D eigenvalue weighted by Gasteiger charge is 2.08. The van der Waals surface area contributed by atoms with E-state index in [4.69, 9.17) is 0 Å². The zero-order valence-electron chi connectivity index (χ0n) is 9.55. The van der Waals surface area contributed by atoms with Gasteiger partial charge in [0.25, 0.3) is 0 Å². The number of rotatable bonds is 3. The van der Waals surface area contributed by atoms with Crippen molar-refractivity contribution in [2.75, 3.05) is 11.9 Å². The van der Waals surface area contributed by atoms with Gasteiger partial charge in [0.2, 0.25) is 0 Å². The highest BCUT2D eigenvalue weighted by Crippen LogP contribution is 2.22. The number of hydrogen-bond acceptors (Lipinski definition) is 2. The zero-order valence-corrected chi connectivity index (χ0v) is 9.55. The molecule has 0 bridgehead atoms. The molecule has 0 amide bonds. The van der Waals surface area contributed by atoms with Crippen molar-refractivity contribution in [1.82, 2.24) is 0 Å². The summed E-state index contributed by atoms with van der Waals surface area (Å²) < 4.78 is 0. The third-order valence-electron chi connectivity index (χ3n) is 2.95. The first kappa shape index (κ1) is 10.7. The van der Waals surface area contributed by atoms with Crippen molar-refractivity contribution in [3.63, 3.8) is 0 Å². The van der Waals surface area contributed by atoms with Crippen molar-refractivity contribution in [3.8, 4) is 0 Å². The van der Waals surface area contributed by atoms with Gasteiger partial charge in [-0.1, -0.05) is 30.3 Å². The van der Waals surface area contributed by atoms with E-state index in [1.165, 1.54) is 10.8 Å². The molecule has 0 heterocycles. The Kier molecular flexibility index (Phi) is 2.91. The van der Waals surface area contributed by atoms with Crippen molar-refractivity contribution in [2.24, 2.45) is 0 Å². The number of likely N-dealkylation sites (N-methyl/N-ethyl adjacent to an activating group) is 1. The van der Waals surface area contributed by atoms with Crippen molar-refractivity contribution in [2.45, 2.75) is 13.0 Å². The minimum absolute atomic E-state index is 0.0961. The minimum atomic E-state index is -0.0961. The molecule has 0 saturated carbocycles. The van der Waals surface area contributed by atoms with Gasteiger partial charge in [0.1, 0.15) is 6.29 Å². The van der Waals surface area contributed by atoms with E-state index in [1.807, 2.05) is 37.1 Å². The van der Waals surface area contributed by atoms with Gasteiger partial charge < -0.3 is 9.69 Å². The first-order valence-corrected chi connectivity index (χ1v) is 5.39. The van der Waals surface area contributed by atoms with Crippen LogP contribution < -0.4 is 4.90 Å². The number of hydrogen-bond donors (Lipinski definition) is 0. The predicted molar refractivity (Wildman–Crippen MR) is 67.9 cm³/mol. The molecule has 2 nitrogen and oxygen atoms in total. The Balaban J connectivity index is 2.42. The molecular weight excluding hydrogens is 198 g/mol. The Morgan fingerprint density at radius 3 is 2.50 bits per heavy atom. The van der Waals surface area contributed by atoms with E-state index in [9.17, 15) is 4.79 Å². The molecule has 2 heteroatoms. The summed E-state index contributed by atoms with van der Waals surface area (Å²) in [4.78, 5) is 12.7. The van der Waals surface area contributed by atoms with Crippen LogP contribution >= 0.6 is 0 Å². The lowest BCUT2D eigenvalue weighted by molar-refractivity contribution is -0.108. The molecule has 0 unspecified atom stereocenters. The van der Waals surface area contributed by atoms with Crippen LogP contribution in [0, 0.1) is 0 Å². The molecule has 2 aromatic carbocycles. The molecule has 1 atom stereocenters. The molecular formula is C14H15NO. The largest absolute Gasteiger partial charge is 0.365 e. The third-order valence-corrected chi connectivity index (χ3v) is 2.95. The fraction of sp³-hybridized carbons (Fsp3) is 0.214. The number of anilines is 1. The van der Waals surface area contributed by atoms with E-state index in [2.05, 4.69) is 24.3 Å². The summed E-state index contributed by atoms with van der Waals surface area (Å²) in [5, 5.41) is 2.42. The first-order chi connectivity index (χ1) is 7.72. The molecule has 0 aromatic heterocycles. The summed E-state index contributed by atoms with van der Waals surface area (Å²) in [5.41, 5.74) is 1.07. The zero-order chi connectivity index (χ0) is 11.5. The van der Waals surface area contributed by atoms with Crippen LogP contribution in [0.5, 0.6) is 0 Å². The summed E-state index contributed by atoms with van der Waals surface area (Å²) in [7, 11) is 1.93. The van der Waals surface area contributed by atoms with Gasteiger partial charge in [0, 0.05) is 12.7 Å². The minimum Gasteiger partial charge on any atom is -0.365 e. The average Bonchev–Trinajstić information content (AvgIpc) is 2.36. The second kappa shape index (κ2) is 4.35. The molecule has 16 heavy (non-hydrogen) atoms. The summed E-state index contributed by atoms with van der Waals surface area (Å²) >= 11 is 0. The van der Waals surface area contributed by atoms with Gasteiger partial charge in [0.15, 0.2) is 0 Å². The van der Waals surface area contributed by atoms with Crippen LogP contribution in [0.1, 0.15) is 6.92 Å². The van der Waals surface area contributed by atoms with Crippen molar-refractivity contribution >= 4 is 22.7 Å². The summed E-state index contributed by atoms with van der Waals surface area (Å²) in [6.45, 7) is 1.89. The highest BCUT2D eigenvalue weighted by molar-refractivity contribution is 5.86. The fourth-order valence-electron chi connectivity index (χ4n) is 1.72. The lowest BCUT2D eigenvalue weighted by Gasteiger charge is -2.22. The standard InChI is InChI=1S/C14H15NO/c1-11(10-16)15(2)14-8-7-12-5-3-4-6-13(12)9-14/h3-11H,1-2H3/t11-/m0/s1. The van der Waals surface area contributed by atoms with E-state index in [-0.39, 0.29) is 6.04 Å². The quantitative estimate of drug-likeness (QED) is 0.731. The van der Waals surface area contributed by atoms with Crippen LogP contribution in [-0.4, -0.2) is 19.4 Å². The Morgan fingerprint density at radius 2 is 1.81 bits per heavy atom. The van der Waals surface area contributed by atoms with Crippen LogP contribution in [0.3, 0.4) is 0 Å². The van der Waals surface area contributed by atoms with E-state index in [1.54, 1.807) is 0 Å². The summed E-state index contributed by atoms with van der Waals surface area (Å²) in [6, 6.07) is 14.4. The Labute approximate surface area is 95.5 Å². The summed E-state index contributed by atoms with van der Waals surface area (Å²) in [6.07, 6.45) is 0.954. The number of carbonyl (C=O) groups is 1. The maximum absolute atomic E-state index is 10.7. The maximum atomic E-state index is 10.7. The lowest BCUT2D eigenvalue weighted by atomic mass is 10.1. The third kappa shape index (κ3) is 1.91. The van der Waals surface area contributed by atoms with Gasteiger partial charge in [-0.25, -0.2) is 0 Å². The topological polar surface area (TPSA) is 20.3 Å². The van der Waals surface area contributed by atoms with Gasteiger partial charge in [0.05, 0.1) is 6.04 Å². The summed E-state index contributed by atoms with van der Waals surface area (Å²) in [5.74, 6) is 0. The van der Waals surface area contributed by atoms with Gasteiger partial charge in [-0.15, -0.1) is 0 Å². The van der Waals surface area contributed by atoms with Crippen molar-refractivity contribution in [3.05, 3.63) is 42.5 Å². The van der Waals surface area contributed by atoms with E-state index in [0.717, 1.165) is 12.0 Å². The number of nitrogens with zero attached hydrogens (tertiary/aromatic N) is 1. The molecule has 0 aliphatic rings. The molecule has 0 N–H and O–H groups in total. The van der Waals surface area contributed by atoms with Crippen LogP contribution in [0.4, 0.5) is 5.69 Å². The second-order valence-electron chi connectivity index (χ2n) is 4.02. The van der Waals surface area contributed by atoms with Crippen LogP contribution in [0.25, 0.3) is 10.8 Å². The van der Waals surface area contributed by atoms with Gasteiger partial charge in [-0.05, 0) is 29.8 Å². The maximum Gasteiger partial charge on any atom is 0.142 e. The molecule has 0 aliphatic carbocycles. The Bertz CT molecular complexity index is 507. The number of aldehydes is 1. The fourth-order valence-corrected chi connectivity index (χ4v) is 1.72. The van der Waals surface area contributed by atoms with E-state index in [0.29, 0.717) is 0 Å². The second-order valence-corrected chi connectivity index (χ2v) is 4.02. The van der Waals surface area contributed by atoms with E-state index < -0.39 is 0 Å². The number of fused-ring (bicyclic) bond motifs is 1. The molecule has 2 aromatic rings. The molecule has 0 spiro atoms. The highest BCUT2D eigenvalue weighted by atomic mass is 16.1. The predicted octanol–water partition coefficient (Wildman–Crippen LogP) is 2.86. The smallest absolute Gasteiger partial charge is 0.142 e. The molecule has 0 radical (unpaired) electrons. The van der Waals surface area contributed by atoms with Crippen LogP contribution in [0.15, 0.2) is 42.5 Å².